The smallest absolute Gasteiger partial charge is 0.433 e. The normalized spacial score (nSPS) is 17.4. The molecule has 0 aromatic heterocycles. The van der Waals surface area contributed by atoms with Gasteiger partial charge in [0.1, 0.15) is 12.4 Å². The second-order valence-corrected chi connectivity index (χ2v) is 5.58. The van der Waals surface area contributed by atoms with Crippen LogP contribution in [0, 0.1) is 0 Å². The van der Waals surface area contributed by atoms with Crippen molar-refractivity contribution in [2.24, 2.45) is 0 Å². The molecule has 0 radical (unpaired) electrons. The van der Waals surface area contributed by atoms with Crippen LogP contribution in [0.3, 0.4) is 0 Å². The zero-order valence-corrected chi connectivity index (χ0v) is 14.7. The lowest BCUT2D eigenvalue weighted by Gasteiger charge is -2.32. The number of carbonyl (C=O) groups is 1. The number of benzene rings is 2. The maximum absolute atomic E-state index is 11.7. The van der Waals surface area contributed by atoms with Crippen LogP contribution in [0.25, 0.3) is 0 Å². The molecule has 1 heterocycles. The molecule has 0 bridgehead atoms. The molecule has 0 N–H and O–H groups in total. The predicted molar refractivity (Wildman–Crippen MR) is 97.2 cm³/mol. The average Bonchev–Trinajstić information content (AvgIpc) is 2.63. The molecule has 0 amide bonds. The largest absolute Gasteiger partial charge is 0.513 e. The van der Waals surface area contributed by atoms with Crippen LogP contribution in [0.5, 0.6) is 5.75 Å². The molecular formula is C19H22ClNO4. The number of para-hydroxylation sites is 1. The van der Waals surface area contributed by atoms with E-state index in [4.69, 9.17) is 14.2 Å². The van der Waals surface area contributed by atoms with Crippen LogP contribution in [0.4, 0.5) is 4.79 Å². The number of halogens is 1. The first-order chi connectivity index (χ1) is 11.8. The number of morpholine rings is 1. The number of hydrogen-bond acceptors (Lipinski definition) is 5. The first-order valence-electron chi connectivity index (χ1n) is 8.10. The van der Waals surface area contributed by atoms with Gasteiger partial charge in [0.05, 0.1) is 12.7 Å². The van der Waals surface area contributed by atoms with Gasteiger partial charge in [-0.3, -0.25) is 4.90 Å². The van der Waals surface area contributed by atoms with E-state index in [0.717, 1.165) is 13.1 Å². The van der Waals surface area contributed by atoms with E-state index in [0.29, 0.717) is 25.5 Å². The highest BCUT2D eigenvalue weighted by Gasteiger charge is 2.21. The first kappa shape index (κ1) is 19.2. The van der Waals surface area contributed by atoms with Crippen molar-refractivity contribution in [3.8, 4) is 5.75 Å². The van der Waals surface area contributed by atoms with Gasteiger partial charge in [0.25, 0.3) is 0 Å². The van der Waals surface area contributed by atoms with Crippen molar-refractivity contribution >= 4 is 18.6 Å². The van der Waals surface area contributed by atoms with Gasteiger partial charge in [0, 0.05) is 19.6 Å². The fourth-order valence-corrected chi connectivity index (χ4v) is 2.65. The molecule has 0 aliphatic carbocycles. The van der Waals surface area contributed by atoms with Crippen LogP contribution >= 0.6 is 12.4 Å². The molecule has 5 nitrogen and oxygen atoms in total. The summed E-state index contributed by atoms with van der Waals surface area (Å²) in [4.78, 5) is 13.9. The summed E-state index contributed by atoms with van der Waals surface area (Å²) in [5, 5.41) is 0. The number of hydrogen-bond donors (Lipinski definition) is 0. The zero-order valence-electron chi connectivity index (χ0n) is 13.9. The third-order valence-corrected chi connectivity index (χ3v) is 3.89. The number of carbonyl (C=O) groups excluding carboxylic acids is 1. The maximum atomic E-state index is 11.7. The molecule has 1 saturated heterocycles. The summed E-state index contributed by atoms with van der Waals surface area (Å²) in [6.07, 6.45) is -0.606. The molecule has 1 fully saturated rings. The highest BCUT2D eigenvalue weighted by Crippen LogP contribution is 2.21. The summed E-state index contributed by atoms with van der Waals surface area (Å²) in [6.45, 7) is 3.26. The Morgan fingerprint density at radius 2 is 1.76 bits per heavy atom. The van der Waals surface area contributed by atoms with E-state index in [1.807, 2.05) is 24.3 Å². The monoisotopic (exact) mass is 363 g/mol. The Balaban J connectivity index is 0.00000225. The third-order valence-electron chi connectivity index (χ3n) is 3.89. The molecule has 1 unspecified atom stereocenters. The van der Waals surface area contributed by atoms with Crippen LogP contribution in [0.1, 0.15) is 11.7 Å². The topological polar surface area (TPSA) is 48.0 Å². The first-order valence-corrected chi connectivity index (χ1v) is 8.10. The number of rotatable bonds is 5. The van der Waals surface area contributed by atoms with Gasteiger partial charge in [-0.15, -0.1) is 12.4 Å². The van der Waals surface area contributed by atoms with Gasteiger partial charge in [0.15, 0.2) is 0 Å². The Bertz CT molecular complexity index is 638. The molecule has 1 aliphatic heterocycles. The summed E-state index contributed by atoms with van der Waals surface area (Å²) in [5.74, 6) is 0.484. The Morgan fingerprint density at radius 3 is 2.48 bits per heavy atom. The lowest BCUT2D eigenvalue weighted by molar-refractivity contribution is -0.0355. The van der Waals surface area contributed by atoms with Gasteiger partial charge in [0.2, 0.25) is 0 Å². The number of ether oxygens (including phenoxy) is 3. The van der Waals surface area contributed by atoms with Crippen LogP contribution in [0.2, 0.25) is 0 Å². The van der Waals surface area contributed by atoms with Gasteiger partial charge in [-0.2, -0.15) is 0 Å². The summed E-state index contributed by atoms with van der Waals surface area (Å²) in [7, 11) is 0. The quantitative estimate of drug-likeness (QED) is 0.599. The minimum absolute atomic E-state index is 0. The summed E-state index contributed by atoms with van der Waals surface area (Å²) >= 11 is 0. The predicted octanol–water partition coefficient (Wildman–Crippen LogP) is 3.70. The van der Waals surface area contributed by atoms with E-state index >= 15 is 0 Å². The lowest BCUT2D eigenvalue weighted by Crippen LogP contribution is -2.40. The Hall–Kier alpha value is -2.08. The maximum Gasteiger partial charge on any atom is 0.513 e. The van der Waals surface area contributed by atoms with Crippen molar-refractivity contribution in [3.05, 3.63) is 66.2 Å². The van der Waals surface area contributed by atoms with Gasteiger partial charge < -0.3 is 14.2 Å². The van der Waals surface area contributed by atoms with Crippen molar-refractivity contribution < 1.29 is 19.0 Å². The molecular weight excluding hydrogens is 342 g/mol. The molecule has 1 atom stereocenters. The Morgan fingerprint density at radius 1 is 1.08 bits per heavy atom. The van der Waals surface area contributed by atoms with Crippen LogP contribution in [0.15, 0.2) is 60.7 Å². The van der Waals surface area contributed by atoms with Crippen molar-refractivity contribution in [1.29, 1.82) is 0 Å². The second kappa shape index (κ2) is 10.0. The summed E-state index contributed by atoms with van der Waals surface area (Å²) in [5.41, 5.74) is 1.17. The third kappa shape index (κ3) is 6.05. The van der Waals surface area contributed by atoms with Crippen molar-refractivity contribution in [3.63, 3.8) is 0 Å². The molecule has 3 rings (SSSR count). The van der Waals surface area contributed by atoms with Crippen molar-refractivity contribution in [2.45, 2.75) is 6.10 Å². The van der Waals surface area contributed by atoms with E-state index in [1.54, 1.807) is 24.3 Å². The average molecular weight is 364 g/mol. The number of nitrogens with zero attached hydrogens (tertiary/aromatic N) is 1. The van der Waals surface area contributed by atoms with Crippen LogP contribution < -0.4 is 4.74 Å². The molecule has 6 heteroatoms. The van der Waals surface area contributed by atoms with Crippen molar-refractivity contribution in [1.82, 2.24) is 4.90 Å². The van der Waals surface area contributed by atoms with Crippen molar-refractivity contribution in [2.75, 3.05) is 32.8 Å². The second-order valence-electron chi connectivity index (χ2n) is 5.58. The molecule has 0 saturated carbocycles. The van der Waals surface area contributed by atoms with E-state index < -0.39 is 6.16 Å². The fourth-order valence-electron chi connectivity index (χ4n) is 2.65. The molecule has 1 aliphatic rings. The van der Waals surface area contributed by atoms with E-state index in [1.165, 1.54) is 5.56 Å². The Labute approximate surface area is 153 Å². The zero-order chi connectivity index (χ0) is 16.6. The molecule has 2 aromatic rings. The van der Waals surface area contributed by atoms with Crippen LogP contribution in [-0.2, 0) is 9.47 Å². The van der Waals surface area contributed by atoms with Gasteiger partial charge >= 0.3 is 6.16 Å². The van der Waals surface area contributed by atoms with E-state index in [9.17, 15) is 4.79 Å². The minimum Gasteiger partial charge on any atom is -0.433 e. The van der Waals surface area contributed by atoms with Gasteiger partial charge in [-0.05, 0) is 17.7 Å². The highest BCUT2D eigenvalue weighted by molar-refractivity contribution is 5.85. The SMILES string of the molecule is Cl.O=C(OCCN1CCOC(c2ccccc2)C1)Oc1ccccc1. The summed E-state index contributed by atoms with van der Waals surface area (Å²) in [6, 6.07) is 19.1. The molecule has 134 valence electrons. The molecule has 2 aromatic carbocycles. The van der Waals surface area contributed by atoms with Gasteiger partial charge in [-0.25, -0.2) is 4.79 Å². The van der Waals surface area contributed by atoms with E-state index in [2.05, 4.69) is 17.0 Å². The summed E-state index contributed by atoms with van der Waals surface area (Å²) < 4.78 is 16.1. The lowest BCUT2D eigenvalue weighted by atomic mass is 10.1. The minimum atomic E-state index is -0.672. The van der Waals surface area contributed by atoms with E-state index in [-0.39, 0.29) is 18.5 Å². The fraction of sp³-hybridized carbons (Fsp3) is 0.316. The standard InChI is InChI=1S/C19H21NO4.ClH/c21-19(24-17-9-5-2-6-10-17)23-14-12-20-11-13-22-18(15-20)16-7-3-1-4-8-16;/h1-10,18H,11-15H2;1H. The molecule has 25 heavy (non-hydrogen) atoms. The van der Waals surface area contributed by atoms with Crippen LogP contribution in [-0.4, -0.2) is 43.9 Å². The van der Waals surface area contributed by atoms with Gasteiger partial charge in [-0.1, -0.05) is 48.5 Å². The molecule has 0 spiro atoms. The highest BCUT2D eigenvalue weighted by atomic mass is 35.5. The Kier molecular flexibility index (Phi) is 7.73.